The zero-order chi connectivity index (χ0) is 20.6. The van der Waals surface area contributed by atoms with Gasteiger partial charge >= 0.3 is 0 Å². The van der Waals surface area contributed by atoms with Crippen molar-refractivity contribution in [2.45, 2.75) is 33.2 Å². The van der Waals surface area contributed by atoms with Gasteiger partial charge in [-0.25, -0.2) is 9.98 Å². The van der Waals surface area contributed by atoms with Crippen LogP contribution in [0.4, 0.5) is 0 Å². The van der Waals surface area contributed by atoms with Crippen molar-refractivity contribution in [3.8, 4) is 0 Å². The normalized spacial score (nSPS) is 14.4. The molecule has 0 radical (unpaired) electrons. The number of piperazine rings is 1. The van der Waals surface area contributed by atoms with Gasteiger partial charge < -0.3 is 15.1 Å². The van der Waals surface area contributed by atoms with Gasteiger partial charge in [0.2, 0.25) is 5.91 Å². The molecule has 0 unspecified atom stereocenters. The van der Waals surface area contributed by atoms with Crippen molar-refractivity contribution in [1.29, 1.82) is 0 Å². The number of rotatable bonds is 6. The molecule has 1 aliphatic rings. The molecule has 1 amide bonds. The Morgan fingerprint density at radius 3 is 2.60 bits per heavy atom. The second kappa shape index (κ2) is 12.5. The number of nitrogens with zero attached hydrogens (tertiary/aromatic N) is 4. The number of hydrogen-bond acceptors (Lipinski definition) is 4. The maximum absolute atomic E-state index is 12.6. The van der Waals surface area contributed by atoms with Crippen LogP contribution in [0.2, 0.25) is 5.02 Å². The summed E-state index contributed by atoms with van der Waals surface area (Å²) in [4.78, 5) is 26.1. The molecule has 2 heterocycles. The predicted octanol–water partition coefficient (Wildman–Crippen LogP) is 3.83. The summed E-state index contributed by atoms with van der Waals surface area (Å²) in [5, 5.41) is 7.26. The van der Waals surface area contributed by atoms with E-state index in [0.29, 0.717) is 31.1 Å². The molecule has 3 rings (SSSR count). The smallest absolute Gasteiger partial charge is 0.227 e. The Morgan fingerprint density at radius 2 is 1.97 bits per heavy atom. The van der Waals surface area contributed by atoms with Crippen LogP contribution in [0.1, 0.15) is 30.1 Å². The Hall–Kier alpha value is -1.39. The monoisotopic (exact) mass is 561 g/mol. The second-order valence-electron chi connectivity index (χ2n) is 6.93. The molecule has 1 aromatic carbocycles. The van der Waals surface area contributed by atoms with E-state index >= 15 is 0 Å². The van der Waals surface area contributed by atoms with Gasteiger partial charge in [-0.2, -0.15) is 0 Å². The van der Waals surface area contributed by atoms with Crippen LogP contribution >= 0.6 is 46.9 Å². The van der Waals surface area contributed by atoms with Gasteiger partial charge in [0, 0.05) is 43.1 Å². The highest BCUT2D eigenvalue weighted by molar-refractivity contribution is 14.0. The zero-order valence-electron chi connectivity index (χ0n) is 17.4. The number of carbonyl (C=O) groups excluding carboxylic acids is 1. The minimum Gasteiger partial charge on any atom is -0.357 e. The number of thiazole rings is 1. The number of aliphatic imine (C=N–C) groups is 1. The Kier molecular flexibility index (Phi) is 10.3. The molecule has 0 saturated carbocycles. The molecule has 1 saturated heterocycles. The van der Waals surface area contributed by atoms with Crippen LogP contribution in [0.15, 0.2) is 34.6 Å². The minimum atomic E-state index is 0. The first-order valence-corrected chi connectivity index (χ1v) is 11.3. The van der Waals surface area contributed by atoms with E-state index in [1.807, 2.05) is 29.2 Å². The predicted molar refractivity (Wildman–Crippen MR) is 135 cm³/mol. The van der Waals surface area contributed by atoms with Gasteiger partial charge in [0.15, 0.2) is 5.96 Å². The van der Waals surface area contributed by atoms with Crippen LogP contribution in [0, 0.1) is 0 Å². The summed E-state index contributed by atoms with van der Waals surface area (Å²) in [6.45, 7) is 8.49. The van der Waals surface area contributed by atoms with E-state index in [1.54, 1.807) is 11.3 Å². The number of nitrogens with one attached hydrogen (secondary N) is 1. The van der Waals surface area contributed by atoms with Gasteiger partial charge in [-0.15, -0.1) is 35.3 Å². The fourth-order valence-corrected chi connectivity index (χ4v) is 4.22. The summed E-state index contributed by atoms with van der Waals surface area (Å²) in [5.41, 5.74) is 1.96. The average Bonchev–Trinajstić information content (AvgIpc) is 3.19. The largest absolute Gasteiger partial charge is 0.357 e. The molecular formula is C21H29ClIN5OS. The number of hydrogen-bond donors (Lipinski definition) is 1. The van der Waals surface area contributed by atoms with Crippen LogP contribution in [0.25, 0.3) is 0 Å². The number of guanidine groups is 1. The van der Waals surface area contributed by atoms with Crippen LogP contribution in [-0.2, 0) is 24.2 Å². The van der Waals surface area contributed by atoms with E-state index < -0.39 is 0 Å². The van der Waals surface area contributed by atoms with Gasteiger partial charge in [0.05, 0.1) is 23.7 Å². The van der Waals surface area contributed by atoms with E-state index in [0.717, 1.165) is 48.3 Å². The lowest BCUT2D eigenvalue weighted by Gasteiger charge is -2.36. The first-order chi connectivity index (χ1) is 14.1. The molecule has 164 valence electrons. The number of halogens is 2. The lowest BCUT2D eigenvalue weighted by atomic mass is 10.1. The van der Waals surface area contributed by atoms with Crippen LogP contribution < -0.4 is 5.32 Å². The van der Waals surface area contributed by atoms with Gasteiger partial charge in [-0.05, 0) is 31.0 Å². The first-order valence-electron chi connectivity index (χ1n) is 10.1. The molecule has 2 aromatic rings. The molecule has 30 heavy (non-hydrogen) atoms. The van der Waals surface area contributed by atoms with Gasteiger partial charge in [-0.3, -0.25) is 4.79 Å². The van der Waals surface area contributed by atoms with E-state index in [2.05, 4.69) is 34.4 Å². The van der Waals surface area contributed by atoms with E-state index in [1.165, 1.54) is 0 Å². The Labute approximate surface area is 204 Å². The zero-order valence-corrected chi connectivity index (χ0v) is 21.3. The molecule has 0 bridgehead atoms. The van der Waals surface area contributed by atoms with E-state index in [9.17, 15) is 4.79 Å². The van der Waals surface area contributed by atoms with Crippen LogP contribution in [-0.4, -0.2) is 59.4 Å². The molecule has 1 aliphatic heterocycles. The second-order valence-corrected chi connectivity index (χ2v) is 8.31. The average molecular weight is 562 g/mol. The highest BCUT2D eigenvalue weighted by atomic mass is 127. The highest BCUT2D eigenvalue weighted by Crippen LogP contribution is 2.14. The number of aromatic nitrogens is 1. The van der Waals surface area contributed by atoms with Crippen molar-refractivity contribution in [2.24, 2.45) is 4.99 Å². The summed E-state index contributed by atoms with van der Waals surface area (Å²) >= 11 is 7.71. The highest BCUT2D eigenvalue weighted by Gasteiger charge is 2.23. The molecule has 1 fully saturated rings. The van der Waals surface area contributed by atoms with Gasteiger partial charge in [0.1, 0.15) is 0 Å². The Balaban J connectivity index is 0.00000320. The Bertz CT molecular complexity index is 851. The van der Waals surface area contributed by atoms with E-state index in [-0.39, 0.29) is 29.9 Å². The van der Waals surface area contributed by atoms with Crippen LogP contribution in [0.5, 0.6) is 0 Å². The molecular weight excluding hydrogens is 533 g/mol. The molecule has 0 atom stereocenters. The molecule has 6 nitrogen and oxygen atoms in total. The summed E-state index contributed by atoms with van der Waals surface area (Å²) in [6, 6.07) is 7.50. The third-order valence-corrected chi connectivity index (χ3v) is 6.08. The van der Waals surface area contributed by atoms with Crippen molar-refractivity contribution in [3.05, 3.63) is 50.9 Å². The summed E-state index contributed by atoms with van der Waals surface area (Å²) < 4.78 is 0. The standard InChI is InChI=1S/C21H28ClN5OS.HI/c1-3-19-25-18(15-29-19)14-24-21(23-4-2)27-10-8-26(9-11-27)20(28)13-16-6-5-7-17(22)12-16;/h5-7,12,15H,3-4,8-11,13-14H2,1-2H3,(H,23,24);1H. The topological polar surface area (TPSA) is 60.8 Å². The summed E-state index contributed by atoms with van der Waals surface area (Å²) in [7, 11) is 0. The fourth-order valence-electron chi connectivity index (χ4n) is 3.27. The van der Waals surface area contributed by atoms with Crippen molar-refractivity contribution < 1.29 is 4.79 Å². The van der Waals surface area contributed by atoms with Crippen molar-refractivity contribution in [1.82, 2.24) is 20.1 Å². The SMILES string of the molecule is CCNC(=NCc1csc(CC)n1)N1CCN(C(=O)Cc2cccc(Cl)c2)CC1.I. The van der Waals surface area contributed by atoms with Crippen molar-refractivity contribution in [2.75, 3.05) is 32.7 Å². The lowest BCUT2D eigenvalue weighted by Crippen LogP contribution is -2.54. The van der Waals surface area contributed by atoms with E-state index in [4.69, 9.17) is 16.6 Å². The number of aryl methyl sites for hydroxylation is 1. The molecule has 0 spiro atoms. The third-order valence-electron chi connectivity index (χ3n) is 4.80. The Morgan fingerprint density at radius 1 is 1.23 bits per heavy atom. The first kappa shape index (κ1) is 24.9. The molecule has 1 N–H and O–H groups in total. The quantitative estimate of drug-likeness (QED) is 0.331. The summed E-state index contributed by atoms with van der Waals surface area (Å²) in [6.07, 6.45) is 1.35. The lowest BCUT2D eigenvalue weighted by molar-refractivity contribution is -0.131. The summed E-state index contributed by atoms with van der Waals surface area (Å²) in [5.74, 6) is 1.03. The number of carbonyl (C=O) groups is 1. The van der Waals surface area contributed by atoms with Gasteiger partial charge in [-0.1, -0.05) is 30.7 Å². The molecule has 1 aromatic heterocycles. The van der Waals surface area contributed by atoms with Crippen LogP contribution in [0.3, 0.4) is 0 Å². The fraction of sp³-hybridized carbons (Fsp3) is 0.476. The maximum Gasteiger partial charge on any atom is 0.227 e. The molecule has 9 heteroatoms. The molecule has 0 aliphatic carbocycles. The van der Waals surface area contributed by atoms with Crippen molar-refractivity contribution in [3.63, 3.8) is 0 Å². The van der Waals surface area contributed by atoms with Crippen molar-refractivity contribution >= 4 is 58.8 Å². The third kappa shape index (κ3) is 7.09. The minimum absolute atomic E-state index is 0. The number of benzene rings is 1. The van der Waals surface area contributed by atoms with Gasteiger partial charge in [0.25, 0.3) is 0 Å². The number of amides is 1. The maximum atomic E-state index is 12.6.